The van der Waals surface area contributed by atoms with Gasteiger partial charge in [0.25, 0.3) is 0 Å². The quantitative estimate of drug-likeness (QED) is 0.645. The molecular formula is C18H26N2O6. The van der Waals surface area contributed by atoms with Crippen LogP contribution < -0.4 is 10.6 Å². The summed E-state index contributed by atoms with van der Waals surface area (Å²) in [5, 5.41) is 13.6. The maximum Gasteiger partial charge on any atom is 0.408 e. The van der Waals surface area contributed by atoms with Crippen LogP contribution in [0.15, 0.2) is 30.3 Å². The van der Waals surface area contributed by atoms with E-state index in [-0.39, 0.29) is 13.2 Å². The van der Waals surface area contributed by atoms with Gasteiger partial charge in [-0.2, -0.15) is 0 Å². The molecule has 0 bridgehead atoms. The largest absolute Gasteiger partial charge is 0.480 e. The van der Waals surface area contributed by atoms with Crippen LogP contribution in [-0.4, -0.2) is 47.4 Å². The van der Waals surface area contributed by atoms with Crippen molar-refractivity contribution in [2.45, 2.75) is 52.0 Å². The highest BCUT2D eigenvalue weighted by Gasteiger charge is 2.26. The van der Waals surface area contributed by atoms with E-state index in [0.29, 0.717) is 0 Å². The molecule has 0 saturated heterocycles. The normalized spacial score (nSPS) is 13.4. The van der Waals surface area contributed by atoms with Crippen LogP contribution in [0.1, 0.15) is 33.3 Å². The van der Waals surface area contributed by atoms with Crippen molar-refractivity contribution in [1.82, 2.24) is 10.6 Å². The zero-order valence-corrected chi connectivity index (χ0v) is 15.4. The molecule has 0 heterocycles. The van der Waals surface area contributed by atoms with E-state index in [1.807, 2.05) is 30.3 Å². The molecule has 1 aromatic carbocycles. The predicted molar refractivity (Wildman–Crippen MR) is 94.5 cm³/mol. The Morgan fingerprint density at radius 3 is 2.27 bits per heavy atom. The Bertz CT molecular complexity index is 612. The van der Waals surface area contributed by atoms with Crippen LogP contribution in [0.25, 0.3) is 0 Å². The molecule has 0 radical (unpaired) electrons. The molecule has 8 heteroatoms. The van der Waals surface area contributed by atoms with Crippen molar-refractivity contribution < 1.29 is 29.0 Å². The molecule has 1 aromatic rings. The number of carboxylic acids is 1. The van der Waals surface area contributed by atoms with Crippen LogP contribution in [0.4, 0.5) is 4.79 Å². The van der Waals surface area contributed by atoms with Gasteiger partial charge in [0.1, 0.15) is 17.7 Å². The van der Waals surface area contributed by atoms with Gasteiger partial charge in [-0.1, -0.05) is 30.3 Å². The first-order valence-electron chi connectivity index (χ1n) is 8.23. The smallest absolute Gasteiger partial charge is 0.408 e. The lowest BCUT2D eigenvalue weighted by Gasteiger charge is -2.24. The number of ether oxygens (including phenoxy) is 2. The molecule has 1 rings (SSSR count). The van der Waals surface area contributed by atoms with Crippen LogP contribution in [0.3, 0.4) is 0 Å². The SMILES string of the molecule is C[C@H](NC(=O)[C@H](COCc1ccccc1)NC(=O)OC(C)(C)C)C(=O)O. The van der Waals surface area contributed by atoms with Crippen LogP contribution >= 0.6 is 0 Å². The molecule has 2 amide bonds. The molecule has 3 N–H and O–H groups in total. The number of carboxylic acid groups (broad SMARTS) is 1. The molecule has 8 nitrogen and oxygen atoms in total. The Morgan fingerprint density at radius 1 is 1.12 bits per heavy atom. The predicted octanol–water partition coefficient (Wildman–Crippen LogP) is 1.69. The van der Waals surface area contributed by atoms with Crippen LogP contribution in [0.2, 0.25) is 0 Å². The van der Waals surface area contributed by atoms with E-state index in [1.165, 1.54) is 6.92 Å². The summed E-state index contributed by atoms with van der Waals surface area (Å²) in [7, 11) is 0. The molecule has 0 aliphatic rings. The van der Waals surface area contributed by atoms with E-state index in [2.05, 4.69) is 10.6 Å². The number of nitrogens with one attached hydrogen (secondary N) is 2. The van der Waals surface area contributed by atoms with E-state index >= 15 is 0 Å². The Kier molecular flexibility index (Phi) is 8.05. The van der Waals surface area contributed by atoms with Gasteiger partial charge in [-0.05, 0) is 33.3 Å². The first-order chi connectivity index (χ1) is 12.1. The summed E-state index contributed by atoms with van der Waals surface area (Å²) in [6.07, 6.45) is -0.788. The third-order valence-electron chi connectivity index (χ3n) is 3.13. The molecule has 26 heavy (non-hydrogen) atoms. The number of amides is 2. The van der Waals surface area contributed by atoms with Crippen LogP contribution in [0, 0.1) is 0 Å². The van der Waals surface area contributed by atoms with Crippen molar-refractivity contribution >= 4 is 18.0 Å². The monoisotopic (exact) mass is 366 g/mol. The highest BCUT2D eigenvalue weighted by molar-refractivity contribution is 5.89. The topological polar surface area (TPSA) is 114 Å². The van der Waals surface area contributed by atoms with E-state index < -0.39 is 35.7 Å². The molecule has 0 aliphatic carbocycles. The van der Waals surface area contributed by atoms with Crippen molar-refractivity contribution in [3.05, 3.63) is 35.9 Å². The number of aliphatic carboxylic acids is 1. The van der Waals surface area contributed by atoms with E-state index in [0.717, 1.165) is 5.56 Å². The first kappa shape index (κ1) is 21.4. The first-order valence-corrected chi connectivity index (χ1v) is 8.23. The zero-order valence-electron chi connectivity index (χ0n) is 15.4. The Morgan fingerprint density at radius 2 is 1.73 bits per heavy atom. The maximum absolute atomic E-state index is 12.3. The lowest BCUT2D eigenvalue weighted by molar-refractivity contribution is -0.141. The zero-order chi connectivity index (χ0) is 19.7. The number of carbonyl (C=O) groups excluding carboxylic acids is 2. The van der Waals surface area contributed by atoms with Crippen molar-refractivity contribution in [2.24, 2.45) is 0 Å². The highest BCUT2D eigenvalue weighted by atomic mass is 16.6. The summed E-state index contributed by atoms with van der Waals surface area (Å²) in [4.78, 5) is 35.1. The molecule has 0 saturated carbocycles. The van der Waals surface area contributed by atoms with Gasteiger partial charge in [-0.15, -0.1) is 0 Å². The second-order valence-electron chi connectivity index (χ2n) is 6.77. The summed E-state index contributed by atoms with van der Waals surface area (Å²) < 4.78 is 10.6. The van der Waals surface area contributed by atoms with Crippen LogP contribution in [0.5, 0.6) is 0 Å². The van der Waals surface area contributed by atoms with Gasteiger partial charge in [0.2, 0.25) is 5.91 Å². The fraction of sp³-hybridized carbons (Fsp3) is 0.500. The van der Waals surface area contributed by atoms with Gasteiger partial charge in [-0.25, -0.2) is 4.79 Å². The summed E-state index contributed by atoms with van der Waals surface area (Å²) >= 11 is 0. The second-order valence-corrected chi connectivity index (χ2v) is 6.77. The van der Waals surface area contributed by atoms with Crippen molar-refractivity contribution in [2.75, 3.05) is 6.61 Å². The van der Waals surface area contributed by atoms with Crippen molar-refractivity contribution in [1.29, 1.82) is 0 Å². The summed E-state index contributed by atoms with van der Waals surface area (Å²) in [6, 6.07) is 7.13. The Hall–Kier alpha value is -2.61. The minimum absolute atomic E-state index is 0.133. The number of rotatable bonds is 8. The van der Waals surface area contributed by atoms with E-state index in [9.17, 15) is 14.4 Å². The van der Waals surface area contributed by atoms with E-state index in [4.69, 9.17) is 14.6 Å². The fourth-order valence-corrected chi connectivity index (χ4v) is 1.88. The average molecular weight is 366 g/mol. The van der Waals surface area contributed by atoms with Gasteiger partial charge >= 0.3 is 12.1 Å². The summed E-state index contributed by atoms with van der Waals surface area (Å²) in [6.45, 7) is 6.52. The molecule has 0 fully saturated rings. The number of alkyl carbamates (subject to hydrolysis) is 1. The third-order valence-corrected chi connectivity index (χ3v) is 3.13. The van der Waals surface area contributed by atoms with Gasteiger partial charge in [0, 0.05) is 0 Å². The molecular weight excluding hydrogens is 340 g/mol. The minimum atomic E-state index is -1.18. The standard InChI is InChI=1S/C18H26N2O6/c1-12(16(22)23)19-15(21)14(20-17(24)26-18(2,3)4)11-25-10-13-8-6-5-7-9-13/h5-9,12,14H,10-11H2,1-4H3,(H,19,21)(H,20,24)(H,22,23)/t12-,14-/m0/s1. The van der Waals surface area contributed by atoms with Gasteiger partial charge < -0.3 is 25.2 Å². The highest BCUT2D eigenvalue weighted by Crippen LogP contribution is 2.07. The number of benzene rings is 1. The molecule has 0 aliphatic heterocycles. The maximum atomic E-state index is 12.3. The van der Waals surface area contributed by atoms with E-state index in [1.54, 1.807) is 20.8 Å². The van der Waals surface area contributed by atoms with Crippen LogP contribution in [-0.2, 0) is 25.7 Å². The van der Waals surface area contributed by atoms with Crippen molar-refractivity contribution in [3.63, 3.8) is 0 Å². The van der Waals surface area contributed by atoms with Gasteiger partial charge in [0.05, 0.1) is 13.2 Å². The lowest BCUT2D eigenvalue weighted by atomic mass is 10.2. The summed E-state index contributed by atoms with van der Waals surface area (Å²) in [5.74, 6) is -1.85. The van der Waals surface area contributed by atoms with Crippen molar-refractivity contribution in [3.8, 4) is 0 Å². The minimum Gasteiger partial charge on any atom is -0.480 e. The fourth-order valence-electron chi connectivity index (χ4n) is 1.88. The third kappa shape index (κ3) is 8.48. The number of hydrogen-bond acceptors (Lipinski definition) is 5. The lowest BCUT2D eigenvalue weighted by Crippen LogP contribution is -2.53. The summed E-state index contributed by atoms with van der Waals surface area (Å²) in [5.41, 5.74) is 0.174. The Labute approximate surface area is 152 Å². The van der Waals surface area contributed by atoms with Gasteiger partial charge in [0.15, 0.2) is 0 Å². The molecule has 0 unspecified atom stereocenters. The second kappa shape index (κ2) is 9.76. The molecule has 0 spiro atoms. The molecule has 0 aromatic heterocycles. The number of hydrogen-bond donors (Lipinski definition) is 3. The number of carbonyl (C=O) groups is 3. The average Bonchev–Trinajstić information content (AvgIpc) is 2.53. The Balaban J connectivity index is 2.68. The molecule has 2 atom stereocenters. The molecule has 144 valence electrons. The van der Waals surface area contributed by atoms with Gasteiger partial charge in [-0.3, -0.25) is 9.59 Å².